The van der Waals surface area contributed by atoms with Gasteiger partial charge in [-0.15, -0.1) is 0 Å². The fourth-order valence-corrected chi connectivity index (χ4v) is 0.158. The van der Waals surface area contributed by atoms with Crippen molar-refractivity contribution in [3.63, 3.8) is 0 Å². The Morgan fingerprint density at radius 2 is 2.38 bits per heavy atom. The first-order chi connectivity index (χ1) is 3.98. The maximum Gasteiger partial charge on any atom is 1.00 e. The van der Waals surface area contributed by atoms with Crippen LogP contribution in [0.1, 0.15) is 15.5 Å². The van der Waals surface area contributed by atoms with E-state index in [0.717, 1.165) is 0 Å². The summed E-state index contributed by atoms with van der Waals surface area (Å²) in [4.78, 5) is 9.71. The van der Waals surface area contributed by atoms with E-state index in [1.54, 1.807) is 0 Å². The monoisotopic (exact) mass is 128 g/mol. The molecule has 8 heavy (non-hydrogen) atoms. The number of carbonyl (C=O) groups excluding carboxylic acids is 1. The van der Waals surface area contributed by atoms with Crippen molar-refractivity contribution >= 4 is 5.97 Å². The third-order valence-electron chi connectivity index (χ3n) is 0.381. The van der Waals surface area contributed by atoms with Crippen LogP contribution in [-0.2, 0) is 4.79 Å². The molecule has 0 heterocycles. The van der Waals surface area contributed by atoms with E-state index in [0.29, 0.717) is 0 Å². The molecule has 0 aromatic rings. The Labute approximate surface area is 72.8 Å². The van der Waals surface area contributed by atoms with Crippen LogP contribution in [0.4, 0.5) is 0 Å². The predicted octanol–water partition coefficient (Wildman–Crippen LogP) is -4.49. The van der Waals surface area contributed by atoms with E-state index in [2.05, 4.69) is 0 Å². The number of carbonyl (C=O) groups is 1. The van der Waals surface area contributed by atoms with Gasteiger partial charge in [0.2, 0.25) is 0 Å². The molecule has 0 amide bonds. The number of hydrogen-bond acceptors (Lipinski definition) is 3. The van der Waals surface area contributed by atoms with Crippen LogP contribution in [0.25, 0.3) is 0 Å². The molecule has 42 valence electrons. The van der Waals surface area contributed by atoms with Crippen molar-refractivity contribution in [1.29, 1.82) is 0 Å². The van der Waals surface area contributed by atoms with Gasteiger partial charge < -0.3 is 15.0 Å². The molecule has 3 nitrogen and oxygen atoms in total. The average Bonchev–Trinajstić information content (AvgIpc) is 1.63. The quantitative estimate of drug-likeness (QED) is 0.390. The van der Waals surface area contributed by atoms with Crippen LogP contribution in [0.3, 0.4) is 0 Å². The first-order valence-corrected chi connectivity index (χ1v) is 1.79. The normalized spacial score (nSPS) is 13.1. The molecule has 0 aliphatic carbocycles. The first kappa shape index (κ1) is 6.55. The topological polar surface area (TPSA) is 60.4 Å². The fraction of sp³-hybridized carbons (Fsp3) is 0.750. The molecule has 0 atom stereocenters. The van der Waals surface area contributed by atoms with E-state index >= 15 is 0 Å². The van der Waals surface area contributed by atoms with E-state index in [-0.39, 0.29) is 29.6 Å². The van der Waals surface area contributed by atoms with E-state index in [1.807, 2.05) is 0 Å². The maximum absolute atomic E-state index is 9.71. The number of aliphatic hydroxyl groups is 1. The van der Waals surface area contributed by atoms with Gasteiger partial charge in [-0.2, -0.15) is 0 Å². The standard InChI is InChI=1S/C4H8O3.Na/c5-3-1-2-4(6)7;/h5H,1-3H2,(H,6,7);/q;+1/p-1/i1D2;. The van der Waals surface area contributed by atoms with E-state index < -0.39 is 25.4 Å². The minimum Gasteiger partial charge on any atom is -0.550 e. The van der Waals surface area contributed by atoms with Crippen molar-refractivity contribution in [3.8, 4) is 0 Å². The van der Waals surface area contributed by atoms with Gasteiger partial charge >= 0.3 is 29.6 Å². The van der Waals surface area contributed by atoms with Crippen LogP contribution in [-0.4, -0.2) is 17.7 Å². The van der Waals surface area contributed by atoms with Gasteiger partial charge in [0.05, 0.1) is 0 Å². The van der Waals surface area contributed by atoms with Crippen LogP contribution in [0.15, 0.2) is 0 Å². The van der Waals surface area contributed by atoms with Crippen LogP contribution in [0.2, 0.25) is 0 Å². The van der Waals surface area contributed by atoms with Gasteiger partial charge in [-0.05, 0) is 12.8 Å². The smallest absolute Gasteiger partial charge is 0.550 e. The van der Waals surface area contributed by atoms with E-state index in [9.17, 15) is 9.90 Å². The molecule has 0 unspecified atom stereocenters. The molecule has 1 N–H and O–H groups in total. The molecule has 4 heteroatoms. The van der Waals surface area contributed by atoms with Gasteiger partial charge in [-0.1, -0.05) is 0 Å². The van der Waals surface area contributed by atoms with Crippen LogP contribution in [0, 0.1) is 0 Å². The number of carboxylic acids is 1. The molecule has 0 fully saturated rings. The summed E-state index contributed by atoms with van der Waals surface area (Å²) in [7, 11) is 0. The van der Waals surface area contributed by atoms with Gasteiger partial charge in [-0.3, -0.25) is 0 Å². The second-order valence-electron chi connectivity index (χ2n) is 0.957. The second kappa shape index (κ2) is 7.43. The largest absolute Gasteiger partial charge is 1.00 e. The van der Waals surface area contributed by atoms with Crippen molar-refractivity contribution in [1.82, 2.24) is 0 Å². The minimum atomic E-state index is -2.04. The summed E-state index contributed by atoms with van der Waals surface area (Å²) in [5.41, 5.74) is 0. The zero-order chi connectivity index (χ0) is 7.49. The molecule has 0 radical (unpaired) electrons. The summed E-state index contributed by atoms with van der Waals surface area (Å²) in [5.74, 6) is -1.49. The zero-order valence-corrected chi connectivity index (χ0v) is 6.68. The molecule has 0 aliphatic rings. The second-order valence-corrected chi connectivity index (χ2v) is 0.957. The summed E-state index contributed by atoms with van der Waals surface area (Å²) in [6.45, 7) is -0.791. The number of hydrogen-bond donors (Lipinski definition) is 1. The molecule has 0 aromatic carbocycles. The Hall–Kier alpha value is 0.430. The molecule has 0 aliphatic heterocycles. The Morgan fingerprint density at radius 1 is 1.88 bits per heavy atom. The zero-order valence-electron chi connectivity index (χ0n) is 6.68. The van der Waals surface area contributed by atoms with Gasteiger partial charge in [0.25, 0.3) is 0 Å². The summed E-state index contributed by atoms with van der Waals surface area (Å²) in [6.07, 6.45) is -2.80. The maximum atomic E-state index is 9.71. The molecule has 0 bridgehead atoms. The fourth-order valence-electron chi connectivity index (χ4n) is 0.158. The molecule has 0 saturated heterocycles. The van der Waals surface area contributed by atoms with Crippen molar-refractivity contribution in [2.24, 2.45) is 0 Å². The third kappa shape index (κ3) is 9.66. The number of aliphatic carboxylic acids is 1. The summed E-state index contributed by atoms with van der Waals surface area (Å²) >= 11 is 0. The molecule has 0 aromatic heterocycles. The van der Waals surface area contributed by atoms with Gasteiger partial charge in [-0.25, -0.2) is 0 Å². The summed E-state index contributed by atoms with van der Waals surface area (Å²) in [6, 6.07) is 0. The minimum absolute atomic E-state index is 0. The molecular formula is C4H7NaO3. The van der Waals surface area contributed by atoms with Crippen molar-refractivity contribution in [3.05, 3.63) is 0 Å². The Morgan fingerprint density at radius 3 is 2.50 bits per heavy atom. The molecular weight excluding hydrogens is 119 g/mol. The van der Waals surface area contributed by atoms with E-state index in [1.165, 1.54) is 0 Å². The van der Waals surface area contributed by atoms with Crippen LogP contribution >= 0.6 is 0 Å². The first-order valence-electron chi connectivity index (χ1n) is 2.79. The predicted molar refractivity (Wildman–Crippen MR) is 21.3 cm³/mol. The SMILES string of the molecule is [2H]C([2H])(CO)CC(=O)[O-].[Na+]. The molecule has 0 spiro atoms. The van der Waals surface area contributed by atoms with Crippen molar-refractivity contribution in [2.75, 3.05) is 6.61 Å². The third-order valence-corrected chi connectivity index (χ3v) is 0.381. The average molecular weight is 128 g/mol. The number of carboxylic acid groups (broad SMARTS) is 1. The Bertz CT molecular complexity index is 117. The number of aliphatic hydroxyl groups excluding tert-OH is 1. The van der Waals surface area contributed by atoms with E-state index in [4.69, 9.17) is 7.85 Å². The van der Waals surface area contributed by atoms with Gasteiger partial charge in [0.15, 0.2) is 0 Å². The summed E-state index contributed by atoms with van der Waals surface area (Å²) in [5, 5.41) is 17.9. The molecule has 0 rings (SSSR count). The van der Waals surface area contributed by atoms with Crippen LogP contribution in [0.5, 0.6) is 0 Å². The van der Waals surface area contributed by atoms with Crippen molar-refractivity contribution < 1.29 is 47.3 Å². The Kier molecular flexibility index (Phi) is 6.08. The number of rotatable bonds is 3. The van der Waals surface area contributed by atoms with Gasteiger partial charge in [0, 0.05) is 15.3 Å². The van der Waals surface area contributed by atoms with Crippen molar-refractivity contribution in [2.45, 2.75) is 12.8 Å². The van der Waals surface area contributed by atoms with Gasteiger partial charge in [0.1, 0.15) is 0 Å². The molecule has 0 saturated carbocycles. The Balaban J connectivity index is 0. The van der Waals surface area contributed by atoms with Crippen LogP contribution < -0.4 is 34.7 Å². The summed E-state index contributed by atoms with van der Waals surface area (Å²) < 4.78 is 13.4.